The van der Waals surface area contributed by atoms with Crippen LogP contribution in [0.15, 0.2) is 24.3 Å². The fourth-order valence-electron chi connectivity index (χ4n) is 6.95. The molecule has 2 saturated heterocycles. The van der Waals surface area contributed by atoms with Crippen molar-refractivity contribution in [2.75, 3.05) is 0 Å². The standard InChI is InChI=1S/C24H26N2O8/c27-15(33-25-21(29)17-11-5-6-12(9-11)18(17)22(25)30)3-1-2-4-16(28)34-26-23(31)19-13-7-8-14(10-13)20(19)24(26)32/h5-8,11-14,17-21,29H,1-4,9-10H2/t11?,12?,13?,14?,17-,18?,19?,20?,21?/m0/s1. The number of rotatable bonds is 7. The molecule has 6 aliphatic rings. The van der Waals surface area contributed by atoms with Crippen molar-refractivity contribution >= 4 is 29.7 Å². The SMILES string of the molecule is O=C(CCCCC(=O)ON1C(=O)C2C3C=CC(C3)[C@@H]2C1O)ON1C(=O)C2C3C=CC(C3)C2C1=O. The molecule has 34 heavy (non-hydrogen) atoms. The smallest absolute Gasteiger partial charge is 0.333 e. The van der Waals surface area contributed by atoms with Crippen LogP contribution in [0.1, 0.15) is 38.5 Å². The number of nitrogens with zero attached hydrogens (tertiary/aromatic N) is 2. The van der Waals surface area contributed by atoms with E-state index in [1.54, 1.807) is 0 Å². The van der Waals surface area contributed by atoms with Crippen molar-refractivity contribution in [1.82, 2.24) is 10.1 Å². The van der Waals surface area contributed by atoms with E-state index < -0.39 is 41.8 Å². The van der Waals surface area contributed by atoms with Crippen molar-refractivity contribution in [3.8, 4) is 0 Å². The molecule has 180 valence electrons. The van der Waals surface area contributed by atoms with Gasteiger partial charge in [0.25, 0.3) is 17.7 Å². The van der Waals surface area contributed by atoms with E-state index in [0.717, 1.165) is 17.9 Å². The van der Waals surface area contributed by atoms with Crippen molar-refractivity contribution < 1.29 is 38.8 Å². The van der Waals surface area contributed by atoms with Gasteiger partial charge in [-0.15, -0.1) is 10.1 Å². The van der Waals surface area contributed by atoms with Crippen LogP contribution in [0.2, 0.25) is 0 Å². The molecule has 1 N–H and O–H groups in total. The van der Waals surface area contributed by atoms with Crippen LogP contribution in [-0.2, 0) is 33.6 Å². The van der Waals surface area contributed by atoms with Crippen LogP contribution in [-0.4, -0.2) is 51.1 Å². The molecule has 4 fully saturated rings. The highest BCUT2D eigenvalue weighted by atomic mass is 16.7. The predicted molar refractivity (Wildman–Crippen MR) is 111 cm³/mol. The lowest BCUT2D eigenvalue weighted by Crippen LogP contribution is -2.38. The Labute approximate surface area is 195 Å². The lowest BCUT2D eigenvalue weighted by Gasteiger charge is -2.23. The molecular weight excluding hydrogens is 444 g/mol. The lowest BCUT2D eigenvalue weighted by atomic mass is 9.85. The summed E-state index contributed by atoms with van der Waals surface area (Å²) < 4.78 is 0. The Kier molecular flexibility index (Phi) is 4.91. The summed E-state index contributed by atoms with van der Waals surface area (Å²) in [5, 5.41) is 11.9. The first kappa shape index (κ1) is 21.5. The van der Waals surface area contributed by atoms with Crippen LogP contribution in [0, 0.1) is 47.3 Å². The molecule has 2 heterocycles. The van der Waals surface area contributed by atoms with Gasteiger partial charge in [-0.2, -0.15) is 0 Å². The Morgan fingerprint density at radius 2 is 1.26 bits per heavy atom. The van der Waals surface area contributed by atoms with E-state index in [-0.39, 0.29) is 67.1 Å². The Morgan fingerprint density at radius 1 is 0.765 bits per heavy atom. The molecule has 2 saturated carbocycles. The summed E-state index contributed by atoms with van der Waals surface area (Å²) in [6.07, 6.45) is 8.88. The highest BCUT2D eigenvalue weighted by Gasteiger charge is 2.61. The van der Waals surface area contributed by atoms with E-state index in [1.807, 2.05) is 24.3 Å². The average Bonchev–Trinajstić information content (AvgIpc) is 3.65. The second kappa shape index (κ2) is 7.76. The largest absolute Gasteiger partial charge is 0.370 e. The third-order valence-corrected chi connectivity index (χ3v) is 8.44. The molecule has 10 nitrogen and oxygen atoms in total. The quantitative estimate of drug-likeness (QED) is 0.330. The van der Waals surface area contributed by atoms with Gasteiger partial charge in [0.15, 0.2) is 6.23 Å². The van der Waals surface area contributed by atoms with Crippen molar-refractivity contribution in [2.24, 2.45) is 47.3 Å². The molecule has 6 rings (SSSR count). The first-order chi connectivity index (χ1) is 16.3. The van der Waals surface area contributed by atoms with Gasteiger partial charge in [-0.05, 0) is 49.4 Å². The number of carbonyl (C=O) groups excluding carboxylic acids is 5. The number of allylic oxidation sites excluding steroid dienone is 4. The van der Waals surface area contributed by atoms with Gasteiger partial charge in [0.05, 0.1) is 17.8 Å². The number of hydroxylamine groups is 4. The van der Waals surface area contributed by atoms with E-state index in [9.17, 15) is 29.1 Å². The lowest BCUT2D eigenvalue weighted by molar-refractivity contribution is -0.226. The molecule has 10 heteroatoms. The van der Waals surface area contributed by atoms with Crippen molar-refractivity contribution in [3.05, 3.63) is 24.3 Å². The number of unbranched alkanes of at least 4 members (excludes halogenated alkanes) is 1. The number of aliphatic hydroxyl groups is 1. The topological polar surface area (TPSA) is 131 Å². The fourth-order valence-corrected chi connectivity index (χ4v) is 6.95. The van der Waals surface area contributed by atoms with E-state index in [1.165, 1.54) is 0 Å². The molecule has 4 aliphatic carbocycles. The molecule has 0 spiro atoms. The Balaban J connectivity index is 0.936. The van der Waals surface area contributed by atoms with Crippen LogP contribution in [0.4, 0.5) is 0 Å². The molecule has 0 aromatic heterocycles. The molecule has 0 aromatic rings. The maximum Gasteiger partial charge on any atom is 0.333 e. The van der Waals surface area contributed by atoms with Crippen LogP contribution in [0.5, 0.6) is 0 Å². The second-order valence-corrected chi connectivity index (χ2v) is 10.2. The number of imide groups is 1. The van der Waals surface area contributed by atoms with Gasteiger partial charge in [0.1, 0.15) is 0 Å². The van der Waals surface area contributed by atoms with Gasteiger partial charge < -0.3 is 14.8 Å². The Hall–Kier alpha value is -3.01. The van der Waals surface area contributed by atoms with Crippen LogP contribution < -0.4 is 0 Å². The number of hydrogen-bond acceptors (Lipinski definition) is 8. The minimum absolute atomic E-state index is 0.0353. The summed E-state index contributed by atoms with van der Waals surface area (Å²) in [5.41, 5.74) is 0. The first-order valence-electron chi connectivity index (χ1n) is 12.0. The van der Waals surface area contributed by atoms with Gasteiger partial charge in [0.2, 0.25) is 0 Å². The number of amides is 3. The molecule has 9 atom stereocenters. The van der Waals surface area contributed by atoms with Gasteiger partial charge in [-0.3, -0.25) is 14.4 Å². The van der Waals surface area contributed by atoms with Gasteiger partial charge in [-0.1, -0.05) is 24.3 Å². The summed E-state index contributed by atoms with van der Waals surface area (Å²) in [4.78, 5) is 72.3. The maximum absolute atomic E-state index is 12.6. The zero-order valence-electron chi connectivity index (χ0n) is 18.4. The number of carbonyl (C=O) groups is 5. The van der Waals surface area contributed by atoms with Crippen LogP contribution >= 0.6 is 0 Å². The van der Waals surface area contributed by atoms with Crippen molar-refractivity contribution in [2.45, 2.75) is 44.8 Å². The Bertz CT molecular complexity index is 1010. The summed E-state index contributed by atoms with van der Waals surface area (Å²) in [7, 11) is 0. The van der Waals surface area contributed by atoms with Gasteiger partial charge in [0, 0.05) is 18.8 Å². The summed E-state index contributed by atoms with van der Waals surface area (Å²) in [6.45, 7) is 0. The predicted octanol–water partition coefficient (Wildman–Crippen LogP) is 0.869. The van der Waals surface area contributed by atoms with Gasteiger partial charge in [-0.25, -0.2) is 9.59 Å². The van der Waals surface area contributed by atoms with Crippen LogP contribution in [0.25, 0.3) is 0 Å². The number of hydrogen-bond donors (Lipinski definition) is 1. The molecule has 2 aliphatic heterocycles. The first-order valence-corrected chi connectivity index (χ1v) is 12.0. The van der Waals surface area contributed by atoms with E-state index >= 15 is 0 Å². The zero-order valence-corrected chi connectivity index (χ0v) is 18.4. The van der Waals surface area contributed by atoms with Crippen molar-refractivity contribution in [3.63, 3.8) is 0 Å². The summed E-state index contributed by atoms with van der Waals surface area (Å²) >= 11 is 0. The monoisotopic (exact) mass is 470 g/mol. The third kappa shape index (κ3) is 3.07. The molecule has 4 bridgehead atoms. The second-order valence-electron chi connectivity index (χ2n) is 10.2. The highest BCUT2D eigenvalue weighted by molar-refractivity contribution is 6.06. The van der Waals surface area contributed by atoms with E-state index in [4.69, 9.17) is 9.68 Å². The summed E-state index contributed by atoms with van der Waals surface area (Å²) in [5.74, 6) is -3.80. The molecule has 0 aromatic carbocycles. The third-order valence-electron chi connectivity index (χ3n) is 8.44. The fraction of sp³-hybridized carbons (Fsp3) is 0.625. The summed E-state index contributed by atoms with van der Waals surface area (Å²) in [6, 6.07) is 0. The molecular formula is C24H26N2O8. The number of fused-ring (bicyclic) bond motifs is 10. The zero-order chi connectivity index (χ0) is 23.7. The minimum atomic E-state index is -1.14. The van der Waals surface area contributed by atoms with Gasteiger partial charge >= 0.3 is 11.9 Å². The number of aliphatic hydroxyl groups excluding tert-OH is 1. The minimum Gasteiger partial charge on any atom is -0.370 e. The van der Waals surface area contributed by atoms with Crippen molar-refractivity contribution in [1.29, 1.82) is 0 Å². The van der Waals surface area contributed by atoms with Crippen LogP contribution in [0.3, 0.4) is 0 Å². The van der Waals surface area contributed by atoms with E-state index in [0.29, 0.717) is 5.06 Å². The normalized spacial score (nSPS) is 40.5. The van der Waals surface area contributed by atoms with E-state index in [2.05, 4.69) is 0 Å². The maximum atomic E-state index is 12.6. The molecule has 8 unspecified atom stereocenters. The Morgan fingerprint density at radius 3 is 1.85 bits per heavy atom. The molecule has 3 amide bonds. The average molecular weight is 470 g/mol. The highest BCUT2D eigenvalue weighted by Crippen LogP contribution is 2.54. The molecule has 0 radical (unpaired) electrons.